The lowest BCUT2D eigenvalue weighted by Gasteiger charge is -2.38. The van der Waals surface area contributed by atoms with Crippen LogP contribution >= 0.6 is 11.6 Å². The van der Waals surface area contributed by atoms with Crippen LogP contribution in [-0.4, -0.2) is 16.0 Å². The summed E-state index contributed by atoms with van der Waals surface area (Å²) in [6.07, 6.45) is 0.815. The molecule has 168 valence electrons. The zero-order valence-corrected chi connectivity index (χ0v) is 19.9. The van der Waals surface area contributed by atoms with E-state index in [4.69, 9.17) is 16.3 Å². The Balaban J connectivity index is 1.94. The van der Waals surface area contributed by atoms with E-state index in [0.29, 0.717) is 12.8 Å². The number of aromatic hydroxyl groups is 1. The summed E-state index contributed by atoms with van der Waals surface area (Å²) in [6.45, 7) is 7.91. The molecule has 0 spiro atoms. The van der Waals surface area contributed by atoms with Gasteiger partial charge in [0.15, 0.2) is 5.60 Å². The second-order valence-corrected chi connectivity index (χ2v) is 9.80. The first-order chi connectivity index (χ1) is 15.1. The van der Waals surface area contributed by atoms with Crippen molar-refractivity contribution in [2.75, 3.05) is 0 Å². The van der Waals surface area contributed by atoms with Crippen LogP contribution in [0.1, 0.15) is 57.2 Å². The average Bonchev–Trinajstić information content (AvgIpc) is 2.80. The van der Waals surface area contributed by atoms with Crippen LogP contribution in [0.3, 0.4) is 0 Å². The van der Waals surface area contributed by atoms with Crippen LogP contribution in [0.15, 0.2) is 84.9 Å². The van der Waals surface area contributed by atoms with Crippen molar-refractivity contribution < 1.29 is 14.6 Å². The molecule has 0 aliphatic carbocycles. The van der Waals surface area contributed by atoms with Gasteiger partial charge in [0.25, 0.3) is 0 Å². The van der Waals surface area contributed by atoms with Crippen molar-refractivity contribution in [1.82, 2.24) is 0 Å². The molecule has 0 saturated carbocycles. The lowest BCUT2D eigenvalue weighted by molar-refractivity contribution is -0.159. The lowest BCUT2D eigenvalue weighted by atomic mass is 9.76. The summed E-state index contributed by atoms with van der Waals surface area (Å²) in [4.78, 5) is 12.4. The smallest absolute Gasteiger partial charge is 0.328 e. The summed E-state index contributed by atoms with van der Waals surface area (Å²) in [6, 6.07) is 26.5. The predicted molar refractivity (Wildman–Crippen MR) is 130 cm³/mol. The Bertz CT molecular complexity index is 990. The van der Waals surface area contributed by atoms with E-state index in [2.05, 4.69) is 0 Å². The first kappa shape index (κ1) is 23.9. The molecule has 4 heteroatoms. The summed E-state index contributed by atoms with van der Waals surface area (Å²) in [5.41, 5.74) is 1.38. The number of carbonyl (C=O) groups is 1. The third-order valence-corrected chi connectivity index (χ3v) is 6.80. The Morgan fingerprint density at radius 1 is 0.812 bits per heavy atom. The van der Waals surface area contributed by atoms with Crippen LogP contribution in [0.4, 0.5) is 0 Å². The van der Waals surface area contributed by atoms with Gasteiger partial charge >= 0.3 is 5.97 Å². The van der Waals surface area contributed by atoms with Crippen molar-refractivity contribution in [3.8, 4) is 5.75 Å². The van der Waals surface area contributed by atoms with Crippen LogP contribution in [0.5, 0.6) is 5.75 Å². The third-order valence-electron chi connectivity index (χ3n) is 6.24. The van der Waals surface area contributed by atoms with Gasteiger partial charge in [0.2, 0.25) is 0 Å². The minimum atomic E-state index is -1.20. The monoisotopic (exact) mass is 450 g/mol. The normalized spacial score (nSPS) is 13.9. The molecule has 1 unspecified atom stereocenters. The van der Waals surface area contributed by atoms with Gasteiger partial charge in [-0.2, -0.15) is 0 Å². The minimum absolute atomic E-state index is 0.207. The molecular weight excluding hydrogens is 420 g/mol. The van der Waals surface area contributed by atoms with Gasteiger partial charge in [-0.05, 0) is 54.0 Å². The molecule has 32 heavy (non-hydrogen) atoms. The molecule has 3 nitrogen and oxygen atoms in total. The van der Waals surface area contributed by atoms with E-state index in [9.17, 15) is 9.90 Å². The molecule has 0 saturated heterocycles. The number of ether oxygens (including phenoxy) is 1. The molecule has 1 N–H and O–H groups in total. The molecule has 3 aromatic carbocycles. The molecule has 0 aliphatic rings. The lowest BCUT2D eigenvalue weighted by Crippen LogP contribution is -2.44. The number of esters is 1. The Morgan fingerprint density at radius 2 is 1.28 bits per heavy atom. The summed E-state index contributed by atoms with van der Waals surface area (Å²) in [7, 11) is 0. The van der Waals surface area contributed by atoms with Gasteiger partial charge in [-0.15, -0.1) is 11.6 Å². The van der Waals surface area contributed by atoms with E-state index in [1.807, 2.05) is 100 Å². The molecule has 3 aromatic rings. The largest absolute Gasteiger partial charge is 0.508 e. The molecular formula is C28H31ClO3. The first-order valence-electron chi connectivity index (χ1n) is 10.9. The molecule has 0 aliphatic heterocycles. The van der Waals surface area contributed by atoms with E-state index in [-0.39, 0.29) is 5.75 Å². The fraction of sp³-hybridized carbons (Fsp3) is 0.321. The number of hydrogen-bond donors (Lipinski definition) is 1. The van der Waals surface area contributed by atoms with Gasteiger partial charge in [-0.25, -0.2) is 0 Å². The quantitative estimate of drug-likeness (QED) is 0.298. The van der Waals surface area contributed by atoms with Crippen molar-refractivity contribution in [3.63, 3.8) is 0 Å². The number of alkyl halides is 1. The average molecular weight is 451 g/mol. The SMILES string of the molecule is CCC(Cl)(CC(C)(C)c1ccc(O)cc1)C(=O)OC(C)(c1ccccc1)c1ccccc1. The maximum absolute atomic E-state index is 13.6. The van der Waals surface area contributed by atoms with Crippen LogP contribution in [0, 0.1) is 0 Å². The molecule has 0 heterocycles. The highest BCUT2D eigenvalue weighted by molar-refractivity contribution is 6.34. The minimum Gasteiger partial charge on any atom is -0.508 e. The Morgan fingerprint density at radius 3 is 1.72 bits per heavy atom. The molecule has 0 radical (unpaired) electrons. The van der Waals surface area contributed by atoms with E-state index in [1.165, 1.54) is 0 Å². The number of phenolic OH excluding ortho intramolecular Hbond substituents is 1. The maximum atomic E-state index is 13.6. The fourth-order valence-electron chi connectivity index (χ4n) is 4.13. The van der Waals surface area contributed by atoms with Crippen molar-refractivity contribution >= 4 is 17.6 Å². The van der Waals surface area contributed by atoms with Crippen molar-refractivity contribution in [1.29, 1.82) is 0 Å². The van der Waals surface area contributed by atoms with Crippen molar-refractivity contribution in [3.05, 3.63) is 102 Å². The highest BCUT2D eigenvalue weighted by atomic mass is 35.5. The van der Waals surface area contributed by atoms with Crippen LogP contribution < -0.4 is 0 Å². The molecule has 0 fully saturated rings. The molecule has 0 bridgehead atoms. The van der Waals surface area contributed by atoms with Crippen molar-refractivity contribution in [2.24, 2.45) is 0 Å². The van der Waals surface area contributed by atoms with Crippen LogP contribution in [0.2, 0.25) is 0 Å². The number of hydrogen-bond acceptors (Lipinski definition) is 3. The van der Waals surface area contributed by atoms with Crippen LogP contribution in [0.25, 0.3) is 0 Å². The zero-order chi connectivity index (χ0) is 23.4. The molecule has 1 atom stereocenters. The van der Waals surface area contributed by atoms with Gasteiger partial charge in [-0.3, -0.25) is 4.79 Å². The Labute approximate surface area is 196 Å². The van der Waals surface area contributed by atoms with Gasteiger partial charge in [0.05, 0.1) is 0 Å². The van der Waals surface area contributed by atoms with E-state index in [1.54, 1.807) is 12.1 Å². The maximum Gasteiger partial charge on any atom is 0.328 e. The van der Waals surface area contributed by atoms with Crippen molar-refractivity contribution in [2.45, 2.75) is 56.4 Å². The summed E-state index contributed by atoms with van der Waals surface area (Å²) in [5.74, 6) is -0.234. The number of halogens is 1. The van der Waals surface area contributed by atoms with Gasteiger partial charge < -0.3 is 9.84 Å². The molecule has 3 rings (SSSR count). The summed E-state index contributed by atoms with van der Waals surface area (Å²) in [5, 5.41) is 9.63. The molecule has 0 aromatic heterocycles. The highest BCUT2D eigenvalue weighted by Gasteiger charge is 2.45. The summed E-state index contributed by atoms with van der Waals surface area (Å²) >= 11 is 7.00. The number of benzene rings is 3. The van der Waals surface area contributed by atoms with Gasteiger partial charge in [-0.1, -0.05) is 93.6 Å². The second-order valence-electron chi connectivity index (χ2n) is 9.08. The molecule has 0 amide bonds. The standard InChI is InChI=1S/C28H31ClO3/c1-5-28(29,20-26(2,3)21-16-18-24(30)19-17-21)25(31)32-27(4,22-12-8-6-9-13-22)23-14-10-7-11-15-23/h6-19,30H,5,20H2,1-4H3. The number of phenols is 1. The number of rotatable bonds is 8. The third kappa shape index (κ3) is 4.99. The second kappa shape index (κ2) is 9.38. The Kier molecular flexibility index (Phi) is 7.00. The van der Waals surface area contributed by atoms with E-state index >= 15 is 0 Å². The zero-order valence-electron chi connectivity index (χ0n) is 19.1. The van der Waals surface area contributed by atoms with E-state index in [0.717, 1.165) is 16.7 Å². The highest BCUT2D eigenvalue weighted by Crippen LogP contribution is 2.42. The first-order valence-corrected chi connectivity index (χ1v) is 11.3. The van der Waals surface area contributed by atoms with E-state index < -0.39 is 21.9 Å². The van der Waals surface area contributed by atoms with Gasteiger partial charge in [0, 0.05) is 0 Å². The number of carbonyl (C=O) groups excluding carboxylic acids is 1. The predicted octanol–water partition coefficient (Wildman–Crippen LogP) is 6.95. The van der Waals surface area contributed by atoms with Gasteiger partial charge in [0.1, 0.15) is 10.6 Å². The van der Waals surface area contributed by atoms with Crippen LogP contribution in [-0.2, 0) is 20.5 Å². The summed E-state index contributed by atoms with van der Waals surface area (Å²) < 4.78 is 6.26. The Hall–Kier alpha value is -2.78. The topological polar surface area (TPSA) is 46.5 Å². The fourth-order valence-corrected chi connectivity index (χ4v) is 4.50.